The number of carboxylic acids is 1. The molecule has 1 aromatic heterocycles. The molecule has 1 aliphatic heterocycles. The Bertz CT molecular complexity index is 704. The second-order valence-corrected chi connectivity index (χ2v) is 6.35. The summed E-state index contributed by atoms with van der Waals surface area (Å²) in [6, 6.07) is 7.97. The SMILES string of the molecule is O=C(O)Cc1csc(CCNC(=O)N2Cc3ccccc3C2)n1. The van der Waals surface area contributed by atoms with Gasteiger partial charge in [-0.3, -0.25) is 4.79 Å². The third kappa shape index (κ3) is 3.87. The number of fused-ring (bicyclic) bond motifs is 1. The van der Waals surface area contributed by atoms with Crippen LogP contribution in [0.4, 0.5) is 4.79 Å². The summed E-state index contributed by atoms with van der Waals surface area (Å²) in [4.78, 5) is 28.8. The highest BCUT2D eigenvalue weighted by Crippen LogP contribution is 2.21. The van der Waals surface area contributed by atoms with E-state index >= 15 is 0 Å². The molecule has 23 heavy (non-hydrogen) atoms. The van der Waals surface area contributed by atoms with Gasteiger partial charge in [-0.05, 0) is 11.1 Å². The quantitative estimate of drug-likeness (QED) is 0.878. The average molecular weight is 331 g/mol. The average Bonchev–Trinajstić information content (AvgIpc) is 3.13. The molecule has 2 N–H and O–H groups in total. The van der Waals surface area contributed by atoms with Gasteiger partial charge >= 0.3 is 12.0 Å². The van der Waals surface area contributed by atoms with E-state index in [0.717, 1.165) is 5.01 Å². The lowest BCUT2D eigenvalue weighted by molar-refractivity contribution is -0.136. The Morgan fingerprint density at radius 1 is 1.26 bits per heavy atom. The zero-order valence-corrected chi connectivity index (χ0v) is 13.3. The van der Waals surface area contributed by atoms with Crippen LogP contribution in [0, 0.1) is 0 Å². The fourth-order valence-electron chi connectivity index (χ4n) is 2.56. The van der Waals surface area contributed by atoms with Gasteiger partial charge in [0.05, 0.1) is 17.1 Å². The van der Waals surface area contributed by atoms with Crippen molar-refractivity contribution in [3.63, 3.8) is 0 Å². The molecule has 0 saturated heterocycles. The van der Waals surface area contributed by atoms with Gasteiger partial charge in [-0.2, -0.15) is 0 Å². The monoisotopic (exact) mass is 331 g/mol. The van der Waals surface area contributed by atoms with Gasteiger partial charge in [0.2, 0.25) is 0 Å². The number of benzene rings is 1. The van der Waals surface area contributed by atoms with Crippen LogP contribution in [0.15, 0.2) is 29.6 Å². The molecule has 0 atom stereocenters. The minimum atomic E-state index is -0.885. The van der Waals surface area contributed by atoms with Gasteiger partial charge < -0.3 is 15.3 Å². The number of hydrogen-bond donors (Lipinski definition) is 2. The van der Waals surface area contributed by atoms with E-state index in [1.165, 1.54) is 22.5 Å². The normalized spacial score (nSPS) is 13.0. The highest BCUT2D eigenvalue weighted by atomic mass is 32.1. The predicted octanol–water partition coefficient (Wildman–Crippen LogP) is 2.04. The second-order valence-electron chi connectivity index (χ2n) is 5.41. The minimum absolute atomic E-state index is 0.0606. The number of amides is 2. The van der Waals surface area contributed by atoms with Crippen LogP contribution in [0.25, 0.3) is 0 Å². The van der Waals surface area contributed by atoms with Gasteiger partial charge in [0.1, 0.15) is 0 Å². The molecular weight excluding hydrogens is 314 g/mol. The molecule has 2 amide bonds. The van der Waals surface area contributed by atoms with Crippen molar-refractivity contribution in [3.8, 4) is 0 Å². The number of hydrogen-bond acceptors (Lipinski definition) is 4. The third-order valence-corrected chi connectivity index (χ3v) is 4.63. The summed E-state index contributed by atoms with van der Waals surface area (Å²) in [7, 11) is 0. The molecule has 1 aromatic carbocycles. The standard InChI is InChI=1S/C16H17N3O3S/c20-15(21)7-13-10-23-14(18-13)5-6-17-16(22)19-8-11-3-1-2-4-12(11)9-19/h1-4,10H,5-9H2,(H,17,22)(H,20,21). The van der Waals surface area contributed by atoms with Gasteiger partial charge in [0.25, 0.3) is 0 Å². The molecule has 2 aromatic rings. The maximum atomic E-state index is 12.2. The van der Waals surface area contributed by atoms with Crippen molar-refractivity contribution in [3.05, 3.63) is 51.5 Å². The third-order valence-electron chi connectivity index (χ3n) is 3.67. The number of urea groups is 1. The highest BCUT2D eigenvalue weighted by Gasteiger charge is 2.22. The first kappa shape index (κ1) is 15.5. The molecule has 0 spiro atoms. The molecule has 0 fully saturated rings. The summed E-state index contributed by atoms with van der Waals surface area (Å²) in [6.07, 6.45) is 0.547. The number of rotatable bonds is 5. The van der Waals surface area contributed by atoms with E-state index in [1.54, 1.807) is 10.3 Å². The van der Waals surface area contributed by atoms with Crippen molar-refractivity contribution in [2.75, 3.05) is 6.54 Å². The van der Waals surface area contributed by atoms with Crippen molar-refractivity contribution >= 4 is 23.3 Å². The van der Waals surface area contributed by atoms with Gasteiger partial charge in [0.15, 0.2) is 0 Å². The summed E-state index contributed by atoms with van der Waals surface area (Å²) in [6.45, 7) is 1.77. The zero-order valence-electron chi connectivity index (χ0n) is 12.5. The Hall–Kier alpha value is -2.41. The number of carbonyl (C=O) groups is 2. The van der Waals surface area contributed by atoms with E-state index < -0.39 is 5.97 Å². The molecule has 0 radical (unpaired) electrons. The van der Waals surface area contributed by atoms with Crippen LogP contribution in [-0.4, -0.2) is 33.5 Å². The van der Waals surface area contributed by atoms with E-state index in [0.29, 0.717) is 31.7 Å². The van der Waals surface area contributed by atoms with Crippen molar-refractivity contribution in [2.24, 2.45) is 0 Å². The van der Waals surface area contributed by atoms with Crippen molar-refractivity contribution in [1.82, 2.24) is 15.2 Å². The van der Waals surface area contributed by atoms with Crippen LogP contribution in [0.5, 0.6) is 0 Å². The smallest absolute Gasteiger partial charge is 0.318 e. The summed E-state index contributed by atoms with van der Waals surface area (Å²) in [5, 5.41) is 14.2. The minimum Gasteiger partial charge on any atom is -0.481 e. The molecule has 0 unspecified atom stereocenters. The largest absolute Gasteiger partial charge is 0.481 e. The zero-order chi connectivity index (χ0) is 16.2. The Morgan fingerprint density at radius 3 is 2.61 bits per heavy atom. The molecule has 1 aliphatic rings. The van der Waals surface area contributed by atoms with Crippen LogP contribution in [0.1, 0.15) is 21.8 Å². The van der Waals surface area contributed by atoms with E-state index in [-0.39, 0.29) is 12.5 Å². The molecule has 2 heterocycles. The Kier molecular flexibility index (Phi) is 4.57. The highest BCUT2D eigenvalue weighted by molar-refractivity contribution is 7.09. The molecule has 3 rings (SSSR count). The first-order valence-electron chi connectivity index (χ1n) is 7.36. The Morgan fingerprint density at radius 2 is 1.96 bits per heavy atom. The fraction of sp³-hybridized carbons (Fsp3) is 0.312. The van der Waals surface area contributed by atoms with Crippen LogP contribution in [0.2, 0.25) is 0 Å². The molecule has 120 valence electrons. The number of nitrogens with zero attached hydrogens (tertiary/aromatic N) is 2. The summed E-state index contributed by atoms with van der Waals surface area (Å²) >= 11 is 1.43. The summed E-state index contributed by atoms with van der Waals surface area (Å²) in [5.41, 5.74) is 2.96. The number of carbonyl (C=O) groups excluding carboxylic acids is 1. The van der Waals surface area contributed by atoms with E-state index in [2.05, 4.69) is 10.3 Å². The van der Waals surface area contributed by atoms with Crippen LogP contribution in [0.3, 0.4) is 0 Å². The lowest BCUT2D eigenvalue weighted by Gasteiger charge is -2.16. The van der Waals surface area contributed by atoms with E-state index in [1.807, 2.05) is 24.3 Å². The first-order chi connectivity index (χ1) is 11.1. The topological polar surface area (TPSA) is 82.5 Å². The Labute approximate surface area is 137 Å². The van der Waals surface area contributed by atoms with Gasteiger partial charge in [-0.25, -0.2) is 9.78 Å². The maximum Gasteiger partial charge on any atom is 0.318 e. The van der Waals surface area contributed by atoms with Gasteiger partial charge in [0, 0.05) is 31.4 Å². The molecular formula is C16H17N3O3S. The second kappa shape index (κ2) is 6.78. The number of nitrogens with one attached hydrogen (secondary N) is 1. The van der Waals surface area contributed by atoms with Crippen LogP contribution in [-0.2, 0) is 30.7 Å². The molecule has 7 heteroatoms. The van der Waals surface area contributed by atoms with Crippen molar-refractivity contribution < 1.29 is 14.7 Å². The van der Waals surface area contributed by atoms with E-state index in [9.17, 15) is 9.59 Å². The Balaban J connectivity index is 1.45. The lowest BCUT2D eigenvalue weighted by Crippen LogP contribution is -2.37. The molecule has 0 aliphatic carbocycles. The van der Waals surface area contributed by atoms with E-state index in [4.69, 9.17) is 5.11 Å². The molecule has 0 saturated carbocycles. The summed E-state index contributed by atoms with van der Waals surface area (Å²) < 4.78 is 0. The number of carboxylic acid groups (broad SMARTS) is 1. The molecule has 0 bridgehead atoms. The molecule has 6 nitrogen and oxygen atoms in total. The predicted molar refractivity (Wildman–Crippen MR) is 86.2 cm³/mol. The summed E-state index contributed by atoms with van der Waals surface area (Å²) in [5.74, 6) is -0.885. The lowest BCUT2D eigenvalue weighted by atomic mass is 10.1. The number of aliphatic carboxylic acids is 1. The van der Waals surface area contributed by atoms with Crippen LogP contribution >= 0.6 is 11.3 Å². The number of thiazole rings is 1. The van der Waals surface area contributed by atoms with Gasteiger partial charge in [-0.15, -0.1) is 11.3 Å². The first-order valence-corrected chi connectivity index (χ1v) is 8.24. The van der Waals surface area contributed by atoms with Crippen molar-refractivity contribution in [2.45, 2.75) is 25.9 Å². The number of aromatic nitrogens is 1. The van der Waals surface area contributed by atoms with Crippen LogP contribution < -0.4 is 5.32 Å². The van der Waals surface area contributed by atoms with Crippen molar-refractivity contribution in [1.29, 1.82) is 0 Å². The van der Waals surface area contributed by atoms with Gasteiger partial charge in [-0.1, -0.05) is 24.3 Å². The maximum absolute atomic E-state index is 12.2. The fourth-order valence-corrected chi connectivity index (χ4v) is 3.36.